The van der Waals surface area contributed by atoms with Crippen molar-refractivity contribution in [1.82, 2.24) is 19.7 Å². The Balaban J connectivity index is 2.09. The molecule has 106 valence electrons. The molecule has 2 aromatic rings. The van der Waals surface area contributed by atoms with Crippen LogP contribution in [0.3, 0.4) is 0 Å². The number of hydrogen-bond donors (Lipinski definition) is 0. The average Bonchev–Trinajstić information content (AvgIpc) is 2.79. The van der Waals surface area contributed by atoms with Gasteiger partial charge in [-0.1, -0.05) is 0 Å². The van der Waals surface area contributed by atoms with Gasteiger partial charge in [-0.2, -0.15) is 9.37 Å². The molecule has 0 aromatic carbocycles. The Morgan fingerprint density at radius 1 is 1.45 bits per heavy atom. The number of ether oxygens (including phenoxy) is 2. The fourth-order valence-corrected chi connectivity index (χ4v) is 1.51. The number of carbonyl (C=O) groups is 1. The van der Waals surface area contributed by atoms with Crippen LogP contribution in [0.2, 0.25) is 0 Å². The van der Waals surface area contributed by atoms with Gasteiger partial charge in [0.1, 0.15) is 0 Å². The first-order chi connectivity index (χ1) is 9.60. The van der Waals surface area contributed by atoms with Crippen molar-refractivity contribution < 1.29 is 18.7 Å². The van der Waals surface area contributed by atoms with Crippen LogP contribution >= 0.6 is 0 Å². The minimum atomic E-state index is -0.574. The third-order valence-electron chi connectivity index (χ3n) is 2.35. The number of aryl methyl sites for hydroxylation is 1. The summed E-state index contributed by atoms with van der Waals surface area (Å²) in [7, 11) is 1.66. The van der Waals surface area contributed by atoms with Gasteiger partial charge in [-0.05, 0) is 19.1 Å². The second-order valence-electron chi connectivity index (χ2n) is 3.80. The fraction of sp³-hybridized carbons (Fsp3) is 0.333. The zero-order valence-electron chi connectivity index (χ0n) is 11.0. The van der Waals surface area contributed by atoms with Gasteiger partial charge in [0.2, 0.25) is 5.95 Å². The summed E-state index contributed by atoms with van der Waals surface area (Å²) in [6.07, 6.45) is 1.34. The van der Waals surface area contributed by atoms with Crippen LogP contribution in [0.25, 0.3) is 11.4 Å². The Morgan fingerprint density at radius 3 is 2.90 bits per heavy atom. The van der Waals surface area contributed by atoms with Gasteiger partial charge in [0, 0.05) is 18.8 Å². The molecule has 2 aromatic heterocycles. The number of halogens is 1. The smallest absolute Gasteiger partial charge is 0.344 e. The molecule has 2 rings (SSSR count). The molecule has 0 amide bonds. The van der Waals surface area contributed by atoms with E-state index in [1.54, 1.807) is 14.0 Å². The first kappa shape index (κ1) is 13.9. The van der Waals surface area contributed by atoms with Gasteiger partial charge in [-0.3, -0.25) is 0 Å². The van der Waals surface area contributed by atoms with Crippen molar-refractivity contribution in [3.63, 3.8) is 0 Å². The highest BCUT2D eigenvalue weighted by Crippen LogP contribution is 2.18. The molecule has 0 saturated carbocycles. The highest BCUT2D eigenvalue weighted by atomic mass is 19.1. The number of hydrogen-bond acceptors (Lipinski definition) is 6. The first-order valence-electron chi connectivity index (χ1n) is 5.91. The largest absolute Gasteiger partial charge is 0.463 e. The van der Waals surface area contributed by atoms with Crippen molar-refractivity contribution in [2.45, 2.75) is 6.92 Å². The molecule has 2 heterocycles. The van der Waals surface area contributed by atoms with Crippen molar-refractivity contribution in [3.05, 3.63) is 24.3 Å². The third-order valence-corrected chi connectivity index (χ3v) is 2.35. The Labute approximate surface area is 114 Å². The minimum Gasteiger partial charge on any atom is -0.463 e. The molecule has 0 spiro atoms. The van der Waals surface area contributed by atoms with E-state index in [4.69, 9.17) is 9.47 Å². The van der Waals surface area contributed by atoms with Crippen LogP contribution in [0.15, 0.2) is 18.3 Å². The summed E-state index contributed by atoms with van der Waals surface area (Å²) in [5, 5.41) is 4.00. The molecule has 0 unspecified atom stereocenters. The van der Waals surface area contributed by atoms with Crippen LogP contribution < -0.4 is 4.74 Å². The van der Waals surface area contributed by atoms with Crippen molar-refractivity contribution in [3.8, 4) is 17.4 Å². The van der Waals surface area contributed by atoms with E-state index in [0.717, 1.165) is 0 Å². The molecule has 0 N–H and O–H groups in total. The number of pyridine rings is 1. The molecular formula is C12H13FN4O3. The molecule has 0 fully saturated rings. The van der Waals surface area contributed by atoms with E-state index in [-0.39, 0.29) is 19.2 Å². The summed E-state index contributed by atoms with van der Waals surface area (Å²) < 4.78 is 24.0. The van der Waals surface area contributed by atoms with E-state index in [0.29, 0.717) is 11.4 Å². The zero-order valence-corrected chi connectivity index (χ0v) is 11.0. The van der Waals surface area contributed by atoms with Crippen molar-refractivity contribution >= 4 is 5.97 Å². The lowest BCUT2D eigenvalue weighted by Gasteiger charge is -2.00. The Morgan fingerprint density at radius 2 is 2.25 bits per heavy atom. The lowest BCUT2D eigenvalue weighted by Crippen LogP contribution is -2.15. The van der Waals surface area contributed by atoms with Gasteiger partial charge in [0.05, 0.1) is 6.61 Å². The summed E-state index contributed by atoms with van der Waals surface area (Å²) in [5.41, 5.74) is 0.590. The summed E-state index contributed by atoms with van der Waals surface area (Å²) >= 11 is 0. The van der Waals surface area contributed by atoms with Gasteiger partial charge in [-0.15, -0.1) is 5.10 Å². The predicted octanol–water partition coefficient (Wildman–Crippen LogP) is 0.958. The molecule has 0 atom stereocenters. The molecule has 20 heavy (non-hydrogen) atoms. The topological polar surface area (TPSA) is 79.1 Å². The van der Waals surface area contributed by atoms with Crippen LogP contribution in [-0.4, -0.2) is 38.9 Å². The van der Waals surface area contributed by atoms with E-state index >= 15 is 0 Å². The average molecular weight is 280 g/mol. The second kappa shape index (κ2) is 6.09. The number of aromatic nitrogens is 4. The summed E-state index contributed by atoms with van der Waals surface area (Å²) in [4.78, 5) is 18.8. The molecule has 0 aliphatic carbocycles. The predicted molar refractivity (Wildman–Crippen MR) is 66.3 cm³/mol. The number of carbonyl (C=O) groups excluding carboxylic acids is 1. The van der Waals surface area contributed by atoms with Crippen molar-refractivity contribution in [2.24, 2.45) is 7.05 Å². The maximum absolute atomic E-state index is 12.8. The molecule has 8 heteroatoms. The van der Waals surface area contributed by atoms with Crippen LogP contribution in [0.4, 0.5) is 4.39 Å². The molecule has 0 aliphatic rings. The van der Waals surface area contributed by atoms with Crippen LogP contribution in [-0.2, 0) is 16.6 Å². The number of rotatable bonds is 5. The highest BCUT2D eigenvalue weighted by molar-refractivity contribution is 5.70. The lowest BCUT2D eigenvalue weighted by atomic mass is 10.3. The van der Waals surface area contributed by atoms with Gasteiger partial charge in [-0.25, -0.2) is 14.5 Å². The second-order valence-corrected chi connectivity index (χ2v) is 3.80. The van der Waals surface area contributed by atoms with E-state index in [1.807, 2.05) is 0 Å². The van der Waals surface area contributed by atoms with E-state index in [2.05, 4.69) is 15.1 Å². The maximum Gasteiger partial charge on any atom is 0.344 e. The van der Waals surface area contributed by atoms with Gasteiger partial charge < -0.3 is 9.47 Å². The summed E-state index contributed by atoms with van der Waals surface area (Å²) in [5.74, 6) is -0.615. The van der Waals surface area contributed by atoms with E-state index < -0.39 is 11.9 Å². The van der Waals surface area contributed by atoms with Crippen LogP contribution in [0.5, 0.6) is 6.01 Å². The zero-order chi connectivity index (χ0) is 14.5. The van der Waals surface area contributed by atoms with Crippen LogP contribution in [0, 0.1) is 5.95 Å². The lowest BCUT2D eigenvalue weighted by molar-refractivity contribution is -0.145. The van der Waals surface area contributed by atoms with Crippen molar-refractivity contribution in [2.75, 3.05) is 13.2 Å². The molecule has 7 nitrogen and oxygen atoms in total. The Kier molecular flexibility index (Phi) is 4.24. The molecule has 0 aliphatic heterocycles. The first-order valence-corrected chi connectivity index (χ1v) is 5.91. The molecule has 0 radical (unpaired) electrons. The molecular weight excluding hydrogens is 267 g/mol. The molecule has 0 saturated heterocycles. The van der Waals surface area contributed by atoms with Crippen molar-refractivity contribution in [1.29, 1.82) is 0 Å². The number of esters is 1. The number of nitrogens with zero attached hydrogens (tertiary/aromatic N) is 4. The van der Waals surface area contributed by atoms with E-state index in [9.17, 15) is 9.18 Å². The third kappa shape index (κ3) is 3.28. The van der Waals surface area contributed by atoms with Gasteiger partial charge >= 0.3 is 12.0 Å². The van der Waals surface area contributed by atoms with Gasteiger partial charge in [0.15, 0.2) is 12.4 Å². The Hall–Kier alpha value is -2.51. The minimum absolute atomic E-state index is 0.0416. The fourth-order valence-electron chi connectivity index (χ4n) is 1.51. The monoisotopic (exact) mass is 280 g/mol. The SMILES string of the molecule is CCOC(=O)COc1nc(-c2ccc(F)nc2)n(C)n1. The summed E-state index contributed by atoms with van der Waals surface area (Å²) in [6, 6.07) is 2.80. The standard InChI is InChI=1S/C12H13FN4O3/c1-3-19-10(18)7-20-12-15-11(17(2)16-12)8-4-5-9(13)14-6-8/h4-6H,3,7H2,1-2H3. The quantitative estimate of drug-likeness (QED) is 0.599. The normalized spacial score (nSPS) is 10.3. The molecule has 0 bridgehead atoms. The maximum atomic E-state index is 12.8. The van der Waals surface area contributed by atoms with Crippen LogP contribution in [0.1, 0.15) is 6.92 Å². The van der Waals surface area contributed by atoms with Gasteiger partial charge in [0.25, 0.3) is 0 Å². The van der Waals surface area contributed by atoms with E-state index in [1.165, 1.54) is 23.0 Å². The highest BCUT2D eigenvalue weighted by Gasteiger charge is 2.12. The Bertz CT molecular complexity index is 597. The summed E-state index contributed by atoms with van der Waals surface area (Å²) in [6.45, 7) is 1.72.